The van der Waals surface area contributed by atoms with E-state index in [4.69, 9.17) is 9.47 Å². The van der Waals surface area contributed by atoms with E-state index in [0.717, 1.165) is 22.4 Å². The highest BCUT2D eigenvalue weighted by Gasteiger charge is 2.16. The van der Waals surface area contributed by atoms with Gasteiger partial charge in [-0.1, -0.05) is 42.0 Å². The molecule has 2 aromatic carbocycles. The van der Waals surface area contributed by atoms with Crippen LogP contribution in [0.4, 0.5) is 15.3 Å². The Bertz CT molecular complexity index is 1360. The lowest BCUT2D eigenvalue weighted by Gasteiger charge is -2.19. The Morgan fingerprint density at radius 1 is 0.925 bits per heavy atom. The molecular formula is C30H38N4O6. The molecule has 3 aromatic rings. The van der Waals surface area contributed by atoms with E-state index in [1.807, 2.05) is 44.2 Å². The van der Waals surface area contributed by atoms with Gasteiger partial charge in [0.05, 0.1) is 25.4 Å². The van der Waals surface area contributed by atoms with Crippen LogP contribution in [0.2, 0.25) is 0 Å². The van der Waals surface area contributed by atoms with Crippen molar-refractivity contribution >= 4 is 23.7 Å². The quantitative estimate of drug-likeness (QED) is 0.412. The van der Waals surface area contributed by atoms with E-state index in [1.54, 1.807) is 52.0 Å². The highest BCUT2D eigenvalue weighted by Crippen LogP contribution is 2.12. The zero-order valence-electron chi connectivity index (χ0n) is 23.9. The third-order valence-electron chi connectivity index (χ3n) is 5.09. The first-order valence-electron chi connectivity index (χ1n) is 13.0. The summed E-state index contributed by atoms with van der Waals surface area (Å²) in [6.07, 6.45) is -0.747. The average molecular weight is 551 g/mol. The summed E-state index contributed by atoms with van der Waals surface area (Å²) < 4.78 is 11.3. The first kappa shape index (κ1) is 31.7. The van der Waals surface area contributed by atoms with Crippen LogP contribution in [0, 0.1) is 13.8 Å². The zero-order valence-corrected chi connectivity index (χ0v) is 23.9. The fourth-order valence-electron chi connectivity index (χ4n) is 3.47. The predicted molar refractivity (Wildman–Crippen MR) is 154 cm³/mol. The van der Waals surface area contributed by atoms with Crippen molar-refractivity contribution in [2.24, 2.45) is 0 Å². The monoisotopic (exact) mass is 550 g/mol. The number of rotatable bonds is 8. The molecule has 0 bridgehead atoms. The summed E-state index contributed by atoms with van der Waals surface area (Å²) in [5.74, 6) is -0.0449. The Hall–Kier alpha value is -4.47. The van der Waals surface area contributed by atoms with Crippen LogP contribution in [0.15, 0.2) is 65.5 Å². The number of Topliss-reactive ketones (excluding diaryl/α,β-unsaturated/α-hetero) is 1. The van der Waals surface area contributed by atoms with Gasteiger partial charge in [0.15, 0.2) is 5.78 Å². The Balaban J connectivity index is 0.000000282. The maximum absolute atomic E-state index is 11.7. The minimum atomic E-state index is -0.565. The molecule has 0 fully saturated rings. The summed E-state index contributed by atoms with van der Waals surface area (Å²) in [7, 11) is 0. The maximum atomic E-state index is 11.7. The number of benzene rings is 2. The Labute approximate surface area is 234 Å². The van der Waals surface area contributed by atoms with Gasteiger partial charge < -0.3 is 14.8 Å². The smallest absolute Gasteiger partial charge is 0.411 e. The molecule has 0 atom stereocenters. The molecule has 214 valence electrons. The van der Waals surface area contributed by atoms with Gasteiger partial charge in [0.1, 0.15) is 5.60 Å². The van der Waals surface area contributed by atoms with Crippen molar-refractivity contribution in [2.45, 2.75) is 60.1 Å². The number of aryl methyl sites for hydroxylation is 2. The highest BCUT2D eigenvalue weighted by atomic mass is 16.6. The van der Waals surface area contributed by atoms with E-state index in [1.165, 1.54) is 10.7 Å². The standard InChI is InChI=1S/C15H17N3O3.C15H21NO3/c1-3-21-15(20)16-13-6-4-5-12(9-13)10-18-14(19)8-7-11(2)17-18;1-11-6-5-7-12(8-11)9-13(17)10-16-14(18)19-15(2,3)4/h4-9H,3,10H2,1-2H3,(H,16,20);5-8H,9-10H2,1-4H3,(H,16,18). The van der Waals surface area contributed by atoms with Gasteiger partial charge in [-0.2, -0.15) is 5.10 Å². The van der Waals surface area contributed by atoms with Gasteiger partial charge in [0.2, 0.25) is 0 Å². The molecule has 0 saturated heterocycles. The van der Waals surface area contributed by atoms with Crippen molar-refractivity contribution in [1.82, 2.24) is 15.1 Å². The van der Waals surface area contributed by atoms with Crippen molar-refractivity contribution in [2.75, 3.05) is 18.5 Å². The van der Waals surface area contributed by atoms with E-state index < -0.39 is 17.8 Å². The minimum Gasteiger partial charge on any atom is -0.450 e. The molecule has 0 radical (unpaired) electrons. The molecule has 0 aliphatic heterocycles. The lowest BCUT2D eigenvalue weighted by Crippen LogP contribution is -2.35. The molecular weight excluding hydrogens is 512 g/mol. The molecule has 0 saturated carbocycles. The predicted octanol–water partition coefficient (Wildman–Crippen LogP) is 4.80. The van der Waals surface area contributed by atoms with E-state index in [2.05, 4.69) is 15.7 Å². The molecule has 10 heteroatoms. The Kier molecular flexibility index (Phi) is 12.1. The van der Waals surface area contributed by atoms with Crippen LogP contribution >= 0.6 is 0 Å². The number of carbonyl (C=O) groups is 3. The van der Waals surface area contributed by atoms with Crippen molar-refractivity contribution in [3.63, 3.8) is 0 Å². The summed E-state index contributed by atoms with van der Waals surface area (Å²) >= 11 is 0. The second kappa shape index (κ2) is 15.2. The van der Waals surface area contributed by atoms with Crippen LogP contribution in [0.5, 0.6) is 0 Å². The van der Waals surface area contributed by atoms with Gasteiger partial charge in [-0.15, -0.1) is 0 Å². The SMILES string of the molecule is CCOC(=O)Nc1cccc(Cn2nc(C)ccc2=O)c1.Cc1cccc(CC(=O)CNC(=O)OC(C)(C)C)c1. The van der Waals surface area contributed by atoms with Gasteiger partial charge in [-0.05, 0) is 70.9 Å². The number of nitrogens with zero attached hydrogens (tertiary/aromatic N) is 2. The van der Waals surface area contributed by atoms with Crippen molar-refractivity contribution in [1.29, 1.82) is 0 Å². The lowest BCUT2D eigenvalue weighted by molar-refractivity contribution is -0.117. The second-order valence-corrected chi connectivity index (χ2v) is 10.1. The normalized spacial score (nSPS) is 10.6. The Morgan fingerprint density at radius 2 is 1.62 bits per heavy atom. The number of hydrogen-bond acceptors (Lipinski definition) is 7. The molecule has 1 heterocycles. The second-order valence-electron chi connectivity index (χ2n) is 10.1. The summed E-state index contributed by atoms with van der Waals surface area (Å²) in [5, 5.41) is 9.27. The number of anilines is 1. The van der Waals surface area contributed by atoms with Gasteiger partial charge >= 0.3 is 12.2 Å². The number of nitrogens with one attached hydrogen (secondary N) is 2. The number of aromatic nitrogens is 2. The van der Waals surface area contributed by atoms with Crippen LogP contribution in [0.3, 0.4) is 0 Å². The third kappa shape index (κ3) is 12.4. The molecule has 10 nitrogen and oxygen atoms in total. The van der Waals surface area contributed by atoms with E-state index >= 15 is 0 Å². The van der Waals surface area contributed by atoms with Crippen LogP contribution in [-0.4, -0.2) is 46.5 Å². The highest BCUT2D eigenvalue weighted by molar-refractivity contribution is 5.86. The summed E-state index contributed by atoms with van der Waals surface area (Å²) in [4.78, 5) is 46.2. The number of alkyl carbamates (subject to hydrolysis) is 1. The lowest BCUT2D eigenvalue weighted by atomic mass is 10.1. The molecule has 0 aliphatic carbocycles. The fourth-order valence-corrected chi connectivity index (χ4v) is 3.47. The van der Waals surface area contributed by atoms with E-state index in [0.29, 0.717) is 25.3 Å². The van der Waals surface area contributed by atoms with Gasteiger partial charge in [-0.25, -0.2) is 14.3 Å². The summed E-state index contributed by atoms with van der Waals surface area (Å²) in [6.45, 7) is 11.5. The summed E-state index contributed by atoms with van der Waals surface area (Å²) in [5.41, 5.74) is 3.61. The number of ketones is 1. The van der Waals surface area contributed by atoms with Gasteiger partial charge in [0.25, 0.3) is 5.56 Å². The Morgan fingerprint density at radius 3 is 2.30 bits per heavy atom. The average Bonchev–Trinajstić information content (AvgIpc) is 2.85. The van der Waals surface area contributed by atoms with Gasteiger partial charge in [-0.3, -0.25) is 14.9 Å². The minimum absolute atomic E-state index is 0.0111. The molecule has 0 aliphatic rings. The largest absolute Gasteiger partial charge is 0.450 e. The zero-order chi connectivity index (χ0) is 29.7. The van der Waals surface area contributed by atoms with Crippen molar-refractivity contribution < 1.29 is 23.9 Å². The number of amides is 2. The topological polar surface area (TPSA) is 129 Å². The molecule has 1 aromatic heterocycles. The van der Waals surface area contributed by atoms with E-state index in [9.17, 15) is 19.2 Å². The maximum Gasteiger partial charge on any atom is 0.411 e. The van der Waals surface area contributed by atoms with Crippen molar-refractivity contribution in [3.8, 4) is 0 Å². The molecule has 2 N–H and O–H groups in total. The van der Waals surface area contributed by atoms with Crippen molar-refractivity contribution in [3.05, 3.63) is 93.4 Å². The number of carbonyl (C=O) groups excluding carboxylic acids is 3. The number of hydrogen-bond donors (Lipinski definition) is 2. The third-order valence-corrected chi connectivity index (χ3v) is 5.09. The molecule has 2 amide bonds. The summed E-state index contributed by atoms with van der Waals surface area (Å²) in [6, 6.07) is 18.1. The molecule has 3 rings (SSSR count). The molecule has 0 spiro atoms. The van der Waals surface area contributed by atoms with Crippen LogP contribution in [0.1, 0.15) is 50.1 Å². The number of ether oxygens (including phenoxy) is 2. The van der Waals surface area contributed by atoms with Gasteiger partial charge in [0, 0.05) is 18.2 Å². The van der Waals surface area contributed by atoms with Crippen LogP contribution in [0.25, 0.3) is 0 Å². The van der Waals surface area contributed by atoms with Crippen LogP contribution < -0.4 is 16.2 Å². The van der Waals surface area contributed by atoms with E-state index in [-0.39, 0.29) is 17.9 Å². The first-order chi connectivity index (χ1) is 18.8. The first-order valence-corrected chi connectivity index (χ1v) is 13.0. The molecule has 0 unspecified atom stereocenters. The fraction of sp³-hybridized carbons (Fsp3) is 0.367. The van der Waals surface area contributed by atoms with Crippen LogP contribution in [-0.2, 0) is 27.2 Å². The molecule has 40 heavy (non-hydrogen) atoms.